The van der Waals surface area contributed by atoms with Gasteiger partial charge >= 0.3 is 94.6 Å². The molecule has 3 N–H and O–H groups in total. The molecule has 5 aromatic carbocycles. The van der Waals surface area contributed by atoms with Gasteiger partial charge in [-0.15, -0.1) is 5.11 Å². The number of azo groups is 1. The van der Waals surface area contributed by atoms with Gasteiger partial charge in [0.05, 0.1) is 87.5 Å². The quantitative estimate of drug-likeness (QED) is 0.0100. The first kappa shape index (κ1) is 89.4. The van der Waals surface area contributed by atoms with Crippen LogP contribution in [0.3, 0.4) is 0 Å². The van der Waals surface area contributed by atoms with Gasteiger partial charge in [-0.2, -0.15) is 5.11 Å². The number of benzene rings is 5. The molecule has 0 radical (unpaired) electrons. The van der Waals surface area contributed by atoms with Crippen LogP contribution in [0.4, 0.5) is 34.1 Å². The Bertz CT molecular complexity index is 4790. The van der Waals surface area contributed by atoms with E-state index in [2.05, 4.69) is 53.5 Å². The van der Waals surface area contributed by atoms with Crippen LogP contribution in [-0.4, -0.2) is 138 Å². The van der Waals surface area contributed by atoms with Crippen LogP contribution >= 0.6 is 0 Å². The number of nitro groups is 1. The minimum absolute atomic E-state index is 0. The molecule has 1 atom stereocenters. The Kier molecular flexibility index (Phi) is 30.9. The van der Waals surface area contributed by atoms with Gasteiger partial charge in [-0.3, -0.25) is 19.7 Å². The fourth-order valence-electron chi connectivity index (χ4n) is 13.9. The zero-order valence-electron chi connectivity index (χ0n) is 61.4. The van der Waals surface area contributed by atoms with E-state index in [0.717, 1.165) is 42.4 Å². The predicted molar refractivity (Wildman–Crippen MR) is 380 cm³/mol. The van der Waals surface area contributed by atoms with Crippen LogP contribution in [0.1, 0.15) is 161 Å². The van der Waals surface area contributed by atoms with E-state index in [9.17, 15) is 83.8 Å². The van der Waals surface area contributed by atoms with Crippen LogP contribution < -0.4 is 124 Å². The number of non-ortho nitro benzene ring substituents is 1. The van der Waals surface area contributed by atoms with Gasteiger partial charge in [0.1, 0.15) is 34.8 Å². The van der Waals surface area contributed by atoms with Gasteiger partial charge in [-0.25, -0.2) is 34.8 Å². The molecule has 27 nitrogen and oxygen atoms in total. The number of ether oxygens (including phenoxy) is 2. The standard InChI is InChI=1S/C33H39N3O8S.C23H25N3O8S.C16H23NO4S.3Na/c1-6-21-17-32(2,3)36(11-8-12-43-20-37)27-15-29-25(13-23(21)27)34-26-14-24-22(19-45(40,41)42)18-33(4,5)35(10-7-9-31(38)39)28(24)16-30(26)44-29;1-23(2)12-14(13-35(32,33)34)17-10-20(25-24-15-6-8-16(9-7-15)26(30)31)21(27)11-18(17)19(23)4-3-5-22(28)29;1-4-5-8-17-15-9-13(18)6-7-14(15)12(10-16(17,2)3)11-22(19,20)21;;;/h13-18,20H,6-12,19H2,1-5H3,(H-,38,39,40,41,42);6-12,19,27H,3-5,13H2,1-2H3,(H,28,29)(H,32,33,34);6-7,9-10,18H,4-5,8,11H2,1-3H3,(H,19,20,21);;;/q;;;3*+1/p-3. The monoisotopic (exact) mass is 1530 g/mol. The molecule has 105 heavy (non-hydrogen) atoms. The minimum atomic E-state index is -4.63. The van der Waals surface area contributed by atoms with Gasteiger partial charge in [0.2, 0.25) is 5.36 Å². The Morgan fingerprint density at radius 3 is 1.81 bits per heavy atom. The number of rotatable bonds is 26. The number of carbonyl (C=O) groups is 3. The van der Waals surface area contributed by atoms with Crippen molar-refractivity contribution in [2.24, 2.45) is 20.6 Å². The van der Waals surface area contributed by atoms with Crippen molar-refractivity contribution in [2.45, 2.75) is 150 Å². The van der Waals surface area contributed by atoms with E-state index in [4.69, 9.17) is 14.5 Å². The average Bonchev–Trinajstić information content (AvgIpc) is 0.739. The molecule has 0 amide bonds. The molecule has 0 spiro atoms. The SMILES string of the molecule is CC1(C)C=C(CS(=O)(=O)[O-])c2cc(N=Nc3ccc([N+](=O)[O-])cc3)c(O)cc2C1CCCC(=O)[O-].CCC1=CC(C)(C)[N+](CCCOC=O)=c2cc3c(cc21)=Nc1cc2c(cc1O3)N(CCCC(=O)O)C(C)(C)C=C2CS(=O)(=O)[O-].CCCCN1c2cc(O)ccc2C(CS(=O)(=O)[O-])=CC1(C)C.[Na+].[Na+].[Na+]. The molecule has 548 valence electrons. The molecule has 4 aliphatic heterocycles. The van der Waals surface area contributed by atoms with Crippen LogP contribution in [0.25, 0.3) is 22.3 Å². The molecule has 1 unspecified atom stereocenters. The number of allylic oxidation sites excluding steroid dienone is 2. The number of carbonyl (C=O) groups excluding carboxylic acids is 2. The molecule has 0 aromatic heterocycles. The third-order valence-electron chi connectivity index (χ3n) is 18.3. The number of hydrogen-bond acceptors (Lipinski definition) is 24. The van der Waals surface area contributed by atoms with E-state index in [1.165, 1.54) is 48.0 Å². The van der Waals surface area contributed by atoms with Crippen molar-refractivity contribution in [3.63, 3.8) is 0 Å². The van der Waals surface area contributed by atoms with Crippen LogP contribution in [0, 0.1) is 15.5 Å². The Morgan fingerprint density at radius 1 is 0.676 bits per heavy atom. The van der Waals surface area contributed by atoms with Gasteiger partial charge in [-0.05, 0) is 166 Å². The molecular formula is C72H84N7Na3O20S3. The maximum Gasteiger partial charge on any atom is 1.00 e. The van der Waals surface area contributed by atoms with Gasteiger partial charge < -0.3 is 58.2 Å². The number of hydrogen-bond donors (Lipinski definition) is 3. The second-order valence-corrected chi connectivity index (χ2v) is 32.1. The Labute approximate surface area is 678 Å². The molecule has 4 heterocycles. The first-order valence-electron chi connectivity index (χ1n) is 33.1. The topological polar surface area (TPSA) is 415 Å². The zero-order valence-corrected chi connectivity index (χ0v) is 69.9. The summed E-state index contributed by atoms with van der Waals surface area (Å²) in [5.74, 6) is -3.42. The third-order valence-corrected chi connectivity index (χ3v) is 20.3. The van der Waals surface area contributed by atoms with Crippen molar-refractivity contribution in [3.8, 4) is 23.0 Å². The second kappa shape index (κ2) is 36.3. The molecule has 0 bridgehead atoms. The Balaban J connectivity index is 0.000000295. The van der Waals surface area contributed by atoms with E-state index in [-0.39, 0.29) is 147 Å². The summed E-state index contributed by atoms with van der Waals surface area (Å²) in [6.45, 7) is 22.6. The molecule has 10 rings (SSSR count). The number of anilines is 2. The molecule has 1 aliphatic carbocycles. The number of aromatic hydroxyl groups is 2. The van der Waals surface area contributed by atoms with Gasteiger partial charge in [0.15, 0.2) is 17.0 Å². The number of unbranched alkanes of at least 4 members (excludes halogenated alkanes) is 1. The number of nitro benzene ring substituents is 1. The van der Waals surface area contributed by atoms with Crippen LogP contribution in [0.2, 0.25) is 0 Å². The first-order valence-corrected chi connectivity index (χ1v) is 37.9. The van der Waals surface area contributed by atoms with E-state index in [1.807, 2.05) is 64.7 Å². The van der Waals surface area contributed by atoms with Gasteiger partial charge in [0.25, 0.3) is 12.2 Å². The fraction of sp³-hybridized carbons (Fsp3) is 0.431. The summed E-state index contributed by atoms with van der Waals surface area (Å²) in [5.41, 5.74) is 5.60. The van der Waals surface area contributed by atoms with Gasteiger partial charge in [-0.1, -0.05) is 52.3 Å². The van der Waals surface area contributed by atoms with E-state index >= 15 is 0 Å². The third kappa shape index (κ3) is 23.2. The van der Waals surface area contributed by atoms with Gasteiger partial charge in [0, 0.05) is 92.5 Å². The first-order chi connectivity index (χ1) is 47.5. The van der Waals surface area contributed by atoms with E-state index < -0.39 is 81.0 Å². The average molecular weight is 1530 g/mol. The van der Waals surface area contributed by atoms with Crippen molar-refractivity contribution in [2.75, 3.05) is 53.3 Å². The second-order valence-electron chi connectivity index (χ2n) is 27.9. The number of carboxylic acid groups (broad SMARTS) is 2. The van der Waals surface area contributed by atoms with Crippen molar-refractivity contribution < 1.29 is 177 Å². The minimum Gasteiger partial charge on any atom is -0.748 e. The summed E-state index contributed by atoms with van der Waals surface area (Å²) >= 11 is 0. The van der Waals surface area contributed by atoms with Crippen LogP contribution in [0.15, 0.2) is 118 Å². The van der Waals surface area contributed by atoms with E-state index in [1.54, 1.807) is 36.4 Å². The number of phenols is 2. The molecule has 0 fully saturated rings. The molecule has 5 aliphatic rings. The zero-order chi connectivity index (χ0) is 75.2. The molecule has 33 heteroatoms. The normalized spacial score (nSPS) is 16.7. The number of nitrogens with zero attached hydrogens (tertiary/aromatic N) is 7. The summed E-state index contributed by atoms with van der Waals surface area (Å²) < 4.78 is 118. The van der Waals surface area contributed by atoms with Crippen molar-refractivity contribution >= 4 is 105 Å². The number of carboxylic acids is 2. The smallest absolute Gasteiger partial charge is 0.748 e. The summed E-state index contributed by atoms with van der Waals surface area (Å²) in [7, 11) is -13.6. The molecule has 0 saturated heterocycles. The number of fused-ring (bicyclic) bond motifs is 6. The Morgan fingerprint density at radius 2 is 1.26 bits per heavy atom. The molecular weight excluding hydrogens is 1450 g/mol. The predicted octanol–water partition coefficient (Wildman–Crippen LogP) is 1.19. The van der Waals surface area contributed by atoms with Crippen molar-refractivity contribution in [3.05, 3.63) is 152 Å². The van der Waals surface area contributed by atoms with Crippen LogP contribution in [-0.2, 0) is 49.5 Å². The van der Waals surface area contributed by atoms with Crippen molar-refractivity contribution in [1.82, 2.24) is 4.58 Å². The number of aliphatic carboxylic acids is 2. The maximum absolute atomic E-state index is 11.9. The van der Waals surface area contributed by atoms with Crippen LogP contribution in [0.5, 0.6) is 23.0 Å². The largest absolute Gasteiger partial charge is 1.00 e. The fourth-order valence-corrected chi connectivity index (χ4v) is 15.7. The summed E-state index contributed by atoms with van der Waals surface area (Å²) in [4.78, 5) is 52.2. The summed E-state index contributed by atoms with van der Waals surface area (Å²) in [6.07, 6.45) is 11.9. The summed E-state index contributed by atoms with van der Waals surface area (Å²) in [5, 5.41) is 60.9. The van der Waals surface area contributed by atoms with E-state index in [0.29, 0.717) is 113 Å². The molecule has 0 saturated carbocycles. The summed E-state index contributed by atoms with van der Waals surface area (Å²) in [6, 6.07) is 20.5. The maximum atomic E-state index is 11.9. The number of phenolic OH excluding ortho intramolecular Hbond substituents is 2. The van der Waals surface area contributed by atoms with Crippen molar-refractivity contribution in [1.29, 1.82) is 0 Å². The Hall–Kier alpha value is -6.20. The molecule has 5 aromatic rings.